The number of hydrogen-bond acceptors (Lipinski definition) is 3. The average molecular weight is 269 g/mol. The van der Waals surface area contributed by atoms with Gasteiger partial charge in [-0.25, -0.2) is 4.98 Å². The first-order valence-electron chi connectivity index (χ1n) is 6.54. The number of nitriles is 1. The van der Waals surface area contributed by atoms with Gasteiger partial charge in [-0.1, -0.05) is 6.08 Å². The van der Waals surface area contributed by atoms with Gasteiger partial charge in [-0.15, -0.1) is 11.3 Å². The smallest absolute Gasteiger partial charge is 0.110 e. The number of rotatable bonds is 3. The van der Waals surface area contributed by atoms with Crippen LogP contribution in [0.25, 0.3) is 0 Å². The van der Waals surface area contributed by atoms with Crippen LogP contribution < -0.4 is 0 Å². The number of nitrogens with zero attached hydrogens (tertiary/aromatic N) is 3. The molecule has 1 aliphatic rings. The predicted octanol–water partition coefficient (Wildman–Crippen LogP) is 3.91. The van der Waals surface area contributed by atoms with Gasteiger partial charge in [0.05, 0.1) is 12.4 Å². The molecule has 1 unspecified atom stereocenters. The molecule has 3 rings (SSSR count). The van der Waals surface area contributed by atoms with E-state index in [9.17, 15) is 0 Å². The van der Waals surface area contributed by atoms with Crippen molar-refractivity contribution in [1.29, 1.82) is 5.26 Å². The van der Waals surface area contributed by atoms with E-state index < -0.39 is 0 Å². The van der Waals surface area contributed by atoms with Crippen molar-refractivity contribution in [2.45, 2.75) is 31.7 Å². The Kier molecular flexibility index (Phi) is 3.47. The molecule has 96 valence electrons. The van der Waals surface area contributed by atoms with Gasteiger partial charge in [0.25, 0.3) is 0 Å². The number of thiophene rings is 1. The number of hydrogen-bond donors (Lipinski definition) is 0. The summed E-state index contributed by atoms with van der Waals surface area (Å²) in [7, 11) is 0. The lowest BCUT2D eigenvalue weighted by Crippen LogP contribution is -2.12. The normalized spacial score (nSPS) is 16.7. The Morgan fingerprint density at radius 3 is 2.95 bits per heavy atom. The minimum atomic E-state index is 0.217. The monoisotopic (exact) mass is 269 g/mol. The van der Waals surface area contributed by atoms with Crippen LogP contribution >= 0.6 is 11.3 Å². The Balaban J connectivity index is 2.01. The molecule has 2 aromatic heterocycles. The number of aromatic nitrogens is 2. The fourth-order valence-electron chi connectivity index (χ4n) is 2.61. The van der Waals surface area contributed by atoms with E-state index in [0.717, 1.165) is 17.7 Å². The summed E-state index contributed by atoms with van der Waals surface area (Å²) < 4.78 is 2.14. The second-order valence-corrected chi connectivity index (χ2v) is 5.87. The van der Waals surface area contributed by atoms with Crippen molar-refractivity contribution >= 4 is 11.3 Å². The Bertz CT molecular complexity index is 616. The number of allylic oxidation sites excluding steroid dienone is 2. The first-order chi connectivity index (χ1) is 9.38. The number of imidazole rings is 1. The van der Waals surface area contributed by atoms with Gasteiger partial charge in [0.15, 0.2) is 0 Å². The van der Waals surface area contributed by atoms with E-state index in [4.69, 9.17) is 5.26 Å². The molecule has 0 radical (unpaired) electrons. The van der Waals surface area contributed by atoms with Crippen molar-refractivity contribution in [3.63, 3.8) is 0 Å². The van der Waals surface area contributed by atoms with Gasteiger partial charge >= 0.3 is 0 Å². The van der Waals surface area contributed by atoms with Gasteiger partial charge in [-0.2, -0.15) is 5.26 Å². The maximum atomic E-state index is 9.00. The fraction of sp³-hybridized carbons (Fsp3) is 0.333. The van der Waals surface area contributed by atoms with E-state index in [-0.39, 0.29) is 6.04 Å². The Hall–Kier alpha value is -1.86. The molecule has 2 aromatic rings. The van der Waals surface area contributed by atoms with Gasteiger partial charge in [0.2, 0.25) is 0 Å². The molecule has 3 nitrogen and oxygen atoms in total. The molecule has 0 aliphatic heterocycles. The molecule has 0 bridgehead atoms. The second-order valence-electron chi connectivity index (χ2n) is 4.75. The zero-order valence-electron chi connectivity index (χ0n) is 10.6. The Morgan fingerprint density at radius 2 is 2.32 bits per heavy atom. The summed E-state index contributed by atoms with van der Waals surface area (Å²) in [6.45, 7) is 0. The van der Waals surface area contributed by atoms with Crippen LogP contribution in [0.1, 0.15) is 41.5 Å². The molecular formula is C15H15N3S. The highest BCUT2D eigenvalue weighted by atomic mass is 32.1. The van der Waals surface area contributed by atoms with E-state index in [1.165, 1.54) is 23.3 Å². The molecule has 0 amide bonds. The molecule has 19 heavy (non-hydrogen) atoms. The molecule has 0 N–H and O–H groups in total. The maximum absolute atomic E-state index is 9.00. The van der Waals surface area contributed by atoms with E-state index >= 15 is 0 Å². The molecule has 0 fully saturated rings. The van der Waals surface area contributed by atoms with Crippen LogP contribution in [0, 0.1) is 11.3 Å². The van der Waals surface area contributed by atoms with Crippen molar-refractivity contribution in [2.24, 2.45) is 0 Å². The molecule has 2 heterocycles. The zero-order chi connectivity index (χ0) is 13.1. The van der Waals surface area contributed by atoms with Crippen LogP contribution in [0.4, 0.5) is 0 Å². The summed E-state index contributed by atoms with van der Waals surface area (Å²) >= 11 is 1.58. The largest absolute Gasteiger partial charge is 0.325 e. The second kappa shape index (κ2) is 5.41. The summed E-state index contributed by atoms with van der Waals surface area (Å²) in [5, 5.41) is 9.00. The predicted molar refractivity (Wildman–Crippen MR) is 76.0 cm³/mol. The molecule has 1 aliphatic carbocycles. The lowest BCUT2D eigenvalue weighted by molar-refractivity contribution is 0.592. The van der Waals surface area contributed by atoms with Crippen molar-refractivity contribution < 1.29 is 0 Å². The third kappa shape index (κ3) is 2.47. The lowest BCUT2D eigenvalue weighted by Gasteiger charge is -2.23. The summed E-state index contributed by atoms with van der Waals surface area (Å²) in [6.07, 6.45) is 12.9. The minimum absolute atomic E-state index is 0.217. The summed E-state index contributed by atoms with van der Waals surface area (Å²) in [4.78, 5) is 6.17. The van der Waals surface area contributed by atoms with Crippen molar-refractivity contribution in [3.8, 4) is 6.07 Å². The van der Waals surface area contributed by atoms with Crippen molar-refractivity contribution in [1.82, 2.24) is 9.55 Å². The van der Waals surface area contributed by atoms with Crippen LogP contribution in [0.5, 0.6) is 0 Å². The van der Waals surface area contributed by atoms with Gasteiger partial charge in [-0.05, 0) is 43.4 Å². The van der Waals surface area contributed by atoms with Crippen LogP contribution in [-0.2, 0) is 0 Å². The highest BCUT2D eigenvalue weighted by Crippen LogP contribution is 2.36. The maximum Gasteiger partial charge on any atom is 0.110 e. The molecule has 0 saturated carbocycles. The van der Waals surface area contributed by atoms with Gasteiger partial charge < -0.3 is 4.57 Å². The van der Waals surface area contributed by atoms with Crippen LogP contribution in [0.15, 0.2) is 42.5 Å². The third-order valence-corrected chi connectivity index (χ3v) is 4.55. The molecule has 1 atom stereocenters. The highest BCUT2D eigenvalue weighted by Gasteiger charge is 2.21. The van der Waals surface area contributed by atoms with E-state index in [1.807, 2.05) is 24.8 Å². The van der Waals surface area contributed by atoms with Crippen LogP contribution in [0.2, 0.25) is 0 Å². The molecule has 4 heteroatoms. The van der Waals surface area contributed by atoms with Gasteiger partial charge in [-0.3, -0.25) is 0 Å². The topological polar surface area (TPSA) is 41.6 Å². The standard InChI is InChI=1S/C15H15N3S/c16-10-13-6-7-14(19-13)15(18-9-8-17-11-18)12-4-2-1-3-5-12/h4,6-9,11,15H,1-3,5H2. The minimum Gasteiger partial charge on any atom is -0.325 e. The first-order valence-corrected chi connectivity index (χ1v) is 7.36. The summed E-state index contributed by atoms with van der Waals surface area (Å²) in [5.74, 6) is 0. The van der Waals surface area contributed by atoms with Gasteiger partial charge in [0.1, 0.15) is 10.9 Å². The highest BCUT2D eigenvalue weighted by molar-refractivity contribution is 7.12. The SMILES string of the molecule is N#Cc1ccc(C(C2=CCCCC2)n2ccnc2)s1. The third-order valence-electron chi connectivity index (χ3n) is 3.51. The van der Waals surface area contributed by atoms with E-state index in [2.05, 4.69) is 27.8 Å². The lowest BCUT2D eigenvalue weighted by atomic mass is 9.93. The first kappa shape index (κ1) is 12.2. The van der Waals surface area contributed by atoms with E-state index in [1.54, 1.807) is 11.3 Å². The Labute approximate surface area is 116 Å². The summed E-state index contributed by atoms with van der Waals surface area (Å²) in [5.41, 5.74) is 1.45. The average Bonchev–Trinajstić information content (AvgIpc) is 3.12. The molecule has 0 aromatic carbocycles. The van der Waals surface area contributed by atoms with Crippen molar-refractivity contribution in [2.75, 3.05) is 0 Å². The zero-order valence-corrected chi connectivity index (χ0v) is 11.4. The molecule has 0 spiro atoms. The quantitative estimate of drug-likeness (QED) is 0.793. The molecular weight excluding hydrogens is 254 g/mol. The van der Waals surface area contributed by atoms with Crippen molar-refractivity contribution in [3.05, 3.63) is 52.3 Å². The van der Waals surface area contributed by atoms with Crippen LogP contribution in [-0.4, -0.2) is 9.55 Å². The fourth-order valence-corrected chi connectivity index (χ4v) is 3.57. The molecule has 0 saturated heterocycles. The summed E-state index contributed by atoms with van der Waals surface area (Å²) in [6, 6.07) is 6.42. The Morgan fingerprint density at radius 1 is 1.37 bits per heavy atom. The van der Waals surface area contributed by atoms with Crippen LogP contribution in [0.3, 0.4) is 0 Å². The van der Waals surface area contributed by atoms with E-state index in [0.29, 0.717) is 0 Å². The van der Waals surface area contributed by atoms with Gasteiger partial charge in [0, 0.05) is 17.3 Å².